The highest BCUT2D eigenvalue weighted by atomic mass is 19.1. The van der Waals surface area contributed by atoms with Crippen LogP contribution in [0.25, 0.3) is 0 Å². The third-order valence-electron chi connectivity index (χ3n) is 1.91. The number of nitrogens with zero attached hydrogens (tertiary/aromatic N) is 1. The molecule has 1 aliphatic rings. The minimum Gasteiger partial charge on any atom is -0.285 e. The van der Waals surface area contributed by atoms with E-state index in [1.165, 1.54) is 6.08 Å². The largest absolute Gasteiger partial charge is 0.285 e. The molecule has 0 amide bonds. The van der Waals surface area contributed by atoms with Crippen molar-refractivity contribution in [2.75, 3.05) is 6.54 Å². The summed E-state index contributed by atoms with van der Waals surface area (Å²) in [5.41, 5.74) is 1.82. The summed E-state index contributed by atoms with van der Waals surface area (Å²) in [6.45, 7) is 4.42. The van der Waals surface area contributed by atoms with Crippen LogP contribution in [0.5, 0.6) is 0 Å². The second kappa shape index (κ2) is 4.57. The fourth-order valence-corrected chi connectivity index (χ4v) is 1.23. The van der Waals surface area contributed by atoms with E-state index in [0.29, 0.717) is 12.3 Å². The van der Waals surface area contributed by atoms with Gasteiger partial charge in [-0.3, -0.25) is 4.99 Å². The number of hydrogen-bond acceptors (Lipinski definition) is 1. The van der Waals surface area contributed by atoms with Gasteiger partial charge in [-0.2, -0.15) is 0 Å². The fourth-order valence-electron chi connectivity index (χ4n) is 1.23. The molecule has 1 rings (SSSR count). The summed E-state index contributed by atoms with van der Waals surface area (Å²) in [5, 5.41) is 0. The quantitative estimate of drug-likeness (QED) is 0.562. The second-order valence-electron chi connectivity index (χ2n) is 2.80. The zero-order chi connectivity index (χ0) is 10.6. The summed E-state index contributed by atoms with van der Waals surface area (Å²) in [7, 11) is 0. The van der Waals surface area contributed by atoms with Gasteiger partial charge in [0.2, 0.25) is 0 Å². The van der Waals surface area contributed by atoms with Crippen LogP contribution >= 0.6 is 0 Å². The Balaban J connectivity index is 3.16. The first-order valence-electron chi connectivity index (χ1n) is 4.50. The van der Waals surface area contributed by atoms with Gasteiger partial charge in [0.25, 0.3) is 0 Å². The molecule has 1 nitrogen and oxygen atoms in total. The van der Waals surface area contributed by atoms with Crippen molar-refractivity contribution in [3.05, 3.63) is 35.2 Å². The van der Waals surface area contributed by atoms with E-state index in [1.807, 2.05) is 19.9 Å². The van der Waals surface area contributed by atoms with Crippen LogP contribution in [0.1, 0.15) is 13.8 Å². The van der Waals surface area contributed by atoms with E-state index in [2.05, 4.69) is 10.9 Å². The van der Waals surface area contributed by atoms with Gasteiger partial charge in [-0.1, -0.05) is 12.0 Å². The van der Waals surface area contributed by atoms with E-state index in [1.54, 1.807) is 6.08 Å². The third kappa shape index (κ3) is 2.00. The monoisotopic (exact) mass is 189 g/mol. The minimum atomic E-state index is -0.384. The van der Waals surface area contributed by atoms with E-state index in [-0.39, 0.29) is 11.4 Å². The molecule has 0 heterocycles. The molecule has 0 aromatic carbocycles. The van der Waals surface area contributed by atoms with Gasteiger partial charge in [0.05, 0.1) is 11.3 Å². The molecule has 0 radical (unpaired) electrons. The van der Waals surface area contributed by atoms with E-state index >= 15 is 0 Å². The molecule has 0 spiro atoms. The van der Waals surface area contributed by atoms with Crippen LogP contribution in [0.4, 0.5) is 4.39 Å². The second-order valence-corrected chi connectivity index (χ2v) is 2.80. The lowest BCUT2D eigenvalue weighted by Gasteiger charge is -2.09. The van der Waals surface area contributed by atoms with Crippen molar-refractivity contribution in [3.8, 4) is 12.3 Å². The van der Waals surface area contributed by atoms with Gasteiger partial charge in [-0.25, -0.2) is 4.39 Å². The average Bonchev–Trinajstić information content (AvgIpc) is 2.19. The summed E-state index contributed by atoms with van der Waals surface area (Å²) in [6, 6.07) is 0. The first-order valence-corrected chi connectivity index (χ1v) is 4.50. The highest BCUT2D eigenvalue weighted by Crippen LogP contribution is 2.21. The molecule has 1 aliphatic carbocycles. The standard InChI is InChI=1S/C12H12FN/c1-4-9-7-10(5-2)12(14-6-3)8-11(9)13/h1,5,7-8H,6H2,2-3H3/b10-5-,14-12?. The maximum atomic E-state index is 13.3. The van der Waals surface area contributed by atoms with Crippen molar-refractivity contribution >= 4 is 5.71 Å². The summed E-state index contributed by atoms with van der Waals surface area (Å²) in [6.07, 6.45) is 10.1. The number of allylic oxidation sites excluding steroid dienone is 6. The summed E-state index contributed by atoms with van der Waals surface area (Å²) < 4.78 is 13.3. The molecule has 0 saturated heterocycles. The first kappa shape index (κ1) is 10.5. The lowest BCUT2D eigenvalue weighted by molar-refractivity contribution is 0.659. The van der Waals surface area contributed by atoms with Crippen molar-refractivity contribution in [2.24, 2.45) is 4.99 Å². The van der Waals surface area contributed by atoms with Crippen molar-refractivity contribution < 1.29 is 4.39 Å². The zero-order valence-corrected chi connectivity index (χ0v) is 8.34. The highest BCUT2D eigenvalue weighted by molar-refractivity contribution is 6.12. The summed E-state index contributed by atoms with van der Waals surface area (Å²) >= 11 is 0. The predicted octanol–water partition coefficient (Wildman–Crippen LogP) is 2.82. The number of hydrogen-bond donors (Lipinski definition) is 0. The minimum absolute atomic E-state index is 0.285. The number of rotatable bonds is 1. The molecular weight excluding hydrogens is 177 g/mol. The Bertz CT molecular complexity index is 389. The Morgan fingerprint density at radius 3 is 2.79 bits per heavy atom. The first-order chi connectivity index (χ1) is 6.72. The van der Waals surface area contributed by atoms with Gasteiger partial charge < -0.3 is 0 Å². The number of halogens is 1. The predicted molar refractivity (Wildman–Crippen MR) is 57.8 cm³/mol. The van der Waals surface area contributed by atoms with Crippen molar-refractivity contribution in [3.63, 3.8) is 0 Å². The molecule has 72 valence electrons. The summed E-state index contributed by atoms with van der Waals surface area (Å²) in [5.74, 6) is 1.92. The van der Waals surface area contributed by atoms with Crippen molar-refractivity contribution in [2.45, 2.75) is 13.8 Å². The van der Waals surface area contributed by atoms with Crippen molar-refractivity contribution in [1.29, 1.82) is 0 Å². The topological polar surface area (TPSA) is 12.4 Å². The molecule has 0 saturated carbocycles. The van der Waals surface area contributed by atoms with E-state index in [0.717, 1.165) is 5.57 Å². The SMILES string of the molecule is C#CC1=C/C(=C/C)C(=NCC)C=C1F. The van der Waals surface area contributed by atoms with Gasteiger partial charge in [-0.15, -0.1) is 6.42 Å². The van der Waals surface area contributed by atoms with E-state index in [4.69, 9.17) is 6.42 Å². The van der Waals surface area contributed by atoms with Crippen LogP contribution in [0.2, 0.25) is 0 Å². The van der Waals surface area contributed by atoms with Crippen LogP contribution in [0.3, 0.4) is 0 Å². The van der Waals surface area contributed by atoms with Crippen LogP contribution in [-0.2, 0) is 0 Å². The van der Waals surface area contributed by atoms with Crippen LogP contribution in [0.15, 0.2) is 40.2 Å². The molecule has 0 unspecified atom stereocenters. The normalized spacial score (nSPS) is 21.9. The van der Waals surface area contributed by atoms with Gasteiger partial charge in [0.15, 0.2) is 0 Å². The zero-order valence-electron chi connectivity index (χ0n) is 8.34. The van der Waals surface area contributed by atoms with Gasteiger partial charge in [0.1, 0.15) is 5.83 Å². The molecule has 2 heteroatoms. The Labute approximate surface area is 83.7 Å². The molecule has 0 aliphatic heterocycles. The third-order valence-corrected chi connectivity index (χ3v) is 1.91. The Hall–Kier alpha value is -1.62. The fraction of sp³-hybridized carbons (Fsp3) is 0.250. The Morgan fingerprint density at radius 1 is 1.57 bits per heavy atom. The maximum Gasteiger partial charge on any atom is 0.140 e. The molecule has 0 aromatic rings. The van der Waals surface area contributed by atoms with Crippen LogP contribution < -0.4 is 0 Å². The summed E-state index contributed by atoms with van der Waals surface area (Å²) in [4.78, 5) is 4.17. The molecule has 0 fully saturated rings. The smallest absolute Gasteiger partial charge is 0.140 e. The molecular formula is C12H12FN. The molecule has 0 atom stereocenters. The van der Waals surface area contributed by atoms with Gasteiger partial charge >= 0.3 is 0 Å². The van der Waals surface area contributed by atoms with E-state index in [9.17, 15) is 4.39 Å². The number of aliphatic imine (C=N–C) groups is 1. The molecule has 0 aromatic heterocycles. The lowest BCUT2D eigenvalue weighted by Crippen LogP contribution is -2.05. The van der Waals surface area contributed by atoms with E-state index < -0.39 is 0 Å². The molecule has 0 N–H and O–H groups in total. The van der Waals surface area contributed by atoms with Gasteiger partial charge in [-0.05, 0) is 25.5 Å². The maximum absolute atomic E-state index is 13.3. The molecule has 14 heavy (non-hydrogen) atoms. The van der Waals surface area contributed by atoms with Crippen molar-refractivity contribution in [1.82, 2.24) is 0 Å². The average molecular weight is 189 g/mol. The lowest BCUT2D eigenvalue weighted by atomic mass is 9.99. The highest BCUT2D eigenvalue weighted by Gasteiger charge is 2.13. The number of terminal acetylenes is 1. The molecule has 0 bridgehead atoms. The van der Waals surface area contributed by atoms with Gasteiger partial charge in [0, 0.05) is 12.6 Å². The van der Waals surface area contributed by atoms with Crippen LogP contribution in [-0.4, -0.2) is 12.3 Å². The Kier molecular flexibility index (Phi) is 3.41. The van der Waals surface area contributed by atoms with Crippen LogP contribution in [0, 0.1) is 12.3 Å². The Morgan fingerprint density at radius 2 is 2.29 bits per heavy atom.